The Balaban J connectivity index is 1.39. The molecule has 0 N–H and O–H groups in total. The highest BCUT2D eigenvalue weighted by Crippen LogP contribution is 2.31. The molecule has 0 radical (unpaired) electrons. The van der Waals surface area contributed by atoms with E-state index in [2.05, 4.69) is 9.89 Å². The second-order valence-corrected chi connectivity index (χ2v) is 7.78. The maximum absolute atomic E-state index is 12.5. The number of hydrogen-bond donors (Lipinski definition) is 0. The fourth-order valence-electron chi connectivity index (χ4n) is 3.94. The van der Waals surface area contributed by atoms with Gasteiger partial charge >= 0.3 is 0 Å². The molecule has 160 valence electrons. The van der Waals surface area contributed by atoms with Crippen LogP contribution >= 0.6 is 0 Å². The summed E-state index contributed by atoms with van der Waals surface area (Å²) in [6, 6.07) is 15.5. The third-order valence-electron chi connectivity index (χ3n) is 5.40. The number of rotatable bonds is 9. The van der Waals surface area contributed by atoms with Crippen LogP contribution in [0, 0.1) is 0 Å². The van der Waals surface area contributed by atoms with E-state index in [1.54, 1.807) is 0 Å². The summed E-state index contributed by atoms with van der Waals surface area (Å²) in [6.07, 6.45) is 3.43. The van der Waals surface area contributed by atoms with E-state index in [-0.39, 0.29) is 18.4 Å². The van der Waals surface area contributed by atoms with Gasteiger partial charge in [-0.15, -0.1) is 0 Å². The van der Waals surface area contributed by atoms with Crippen LogP contribution in [-0.4, -0.2) is 56.3 Å². The smallest absolute Gasteiger partial charge is 0.161 e. The Hall–Kier alpha value is -2.73. The Morgan fingerprint density at radius 3 is 2.60 bits per heavy atom. The molecule has 30 heavy (non-hydrogen) atoms. The highest BCUT2D eigenvalue weighted by molar-refractivity contribution is 5.71. The number of benzene rings is 2. The van der Waals surface area contributed by atoms with Crippen molar-refractivity contribution in [3.8, 4) is 17.2 Å². The molecule has 6 nitrogen and oxygen atoms in total. The van der Waals surface area contributed by atoms with Gasteiger partial charge in [0.2, 0.25) is 0 Å². The number of likely N-dealkylation sites (tertiary alicyclic amines) is 1. The van der Waals surface area contributed by atoms with Gasteiger partial charge in [0.05, 0.1) is 12.6 Å². The molecule has 0 spiro atoms. The molecule has 0 aliphatic carbocycles. The Labute approximate surface area is 178 Å². The lowest BCUT2D eigenvalue weighted by Crippen LogP contribution is -2.33. The molecule has 2 aliphatic heterocycles. The molecule has 6 heteroatoms. The zero-order chi connectivity index (χ0) is 20.6. The Morgan fingerprint density at radius 2 is 1.80 bits per heavy atom. The Bertz CT molecular complexity index is 834. The van der Waals surface area contributed by atoms with Gasteiger partial charge in [-0.3, -0.25) is 0 Å². The summed E-state index contributed by atoms with van der Waals surface area (Å²) in [5.41, 5.74) is 1.11. The minimum atomic E-state index is -0.104. The molecule has 4 rings (SSSR count). The summed E-state index contributed by atoms with van der Waals surface area (Å²) >= 11 is 0. The summed E-state index contributed by atoms with van der Waals surface area (Å²) in [7, 11) is 0. The summed E-state index contributed by atoms with van der Waals surface area (Å²) in [4.78, 5) is 6.95. The fraction of sp³-hybridized carbons (Fsp3) is 0.458. The molecule has 0 saturated carbocycles. The Kier molecular flexibility index (Phi) is 7.08. The van der Waals surface area contributed by atoms with Crippen molar-refractivity contribution in [3.63, 3.8) is 0 Å². The summed E-state index contributed by atoms with van der Waals surface area (Å²) < 4.78 is 17.0. The molecule has 2 aliphatic rings. The van der Waals surface area contributed by atoms with Crippen molar-refractivity contribution < 1.29 is 19.3 Å². The van der Waals surface area contributed by atoms with E-state index in [1.807, 2.05) is 48.5 Å². The van der Waals surface area contributed by atoms with E-state index in [4.69, 9.17) is 14.2 Å². The van der Waals surface area contributed by atoms with Crippen LogP contribution in [0.1, 0.15) is 24.8 Å². The topological polar surface area (TPSA) is 66.3 Å². The van der Waals surface area contributed by atoms with Gasteiger partial charge in [-0.05, 0) is 68.1 Å². The van der Waals surface area contributed by atoms with Gasteiger partial charge in [-0.1, -0.05) is 24.3 Å². The van der Waals surface area contributed by atoms with Crippen molar-refractivity contribution in [1.82, 2.24) is 4.90 Å². The monoisotopic (exact) mass is 409 g/mol. The molecule has 0 amide bonds. The number of aliphatic imine (C=N–C) groups is 1. The van der Waals surface area contributed by atoms with Crippen LogP contribution in [0.4, 0.5) is 0 Å². The lowest BCUT2D eigenvalue weighted by atomic mass is 10.0. The lowest BCUT2D eigenvalue weighted by Gasteiger charge is -2.24. The minimum absolute atomic E-state index is 0.0742. The molecule has 2 aromatic rings. The zero-order valence-corrected chi connectivity index (χ0v) is 17.3. The number of fused-ring (bicyclic) bond motifs is 1. The molecule has 2 heterocycles. The normalized spacial score (nSPS) is 17.7. The van der Waals surface area contributed by atoms with Crippen LogP contribution in [-0.2, 0) is 6.42 Å². The molecule has 2 aromatic carbocycles. The third-order valence-corrected chi connectivity index (χ3v) is 5.40. The molecule has 1 saturated heterocycles. The number of ether oxygens (including phenoxy) is 3. The second-order valence-electron chi connectivity index (χ2n) is 7.78. The summed E-state index contributed by atoms with van der Waals surface area (Å²) in [5, 5.41) is 12.5. The first-order valence-corrected chi connectivity index (χ1v) is 10.8. The number of nitrogens with zero attached hydrogens (tertiary/aromatic N) is 2. The van der Waals surface area contributed by atoms with Crippen LogP contribution in [0.5, 0.6) is 17.2 Å². The largest absolute Gasteiger partial charge is 0.862 e. The van der Waals surface area contributed by atoms with Crippen LogP contribution in [0.2, 0.25) is 0 Å². The van der Waals surface area contributed by atoms with Crippen molar-refractivity contribution in [1.29, 1.82) is 0 Å². The maximum atomic E-state index is 12.5. The average Bonchev–Trinajstić information content (AvgIpc) is 3.27. The van der Waals surface area contributed by atoms with Gasteiger partial charge < -0.3 is 29.2 Å². The molecular weight excluding hydrogens is 380 g/mol. The van der Waals surface area contributed by atoms with Crippen molar-refractivity contribution in [3.05, 3.63) is 54.1 Å². The molecule has 0 bridgehead atoms. The van der Waals surface area contributed by atoms with Gasteiger partial charge in [-0.2, -0.15) is 0 Å². The highest BCUT2D eigenvalue weighted by atomic mass is 16.6. The van der Waals surface area contributed by atoms with E-state index in [0.717, 1.165) is 42.4 Å². The fourth-order valence-corrected chi connectivity index (χ4v) is 3.94. The van der Waals surface area contributed by atoms with Crippen molar-refractivity contribution >= 4 is 5.90 Å². The number of hydrogen-bond acceptors (Lipinski definition) is 6. The molecule has 1 unspecified atom stereocenters. The maximum Gasteiger partial charge on any atom is 0.161 e. The third kappa shape index (κ3) is 5.89. The number of para-hydroxylation sites is 1. The van der Waals surface area contributed by atoms with Crippen LogP contribution < -0.4 is 19.3 Å². The molecular formula is C24H29N2O4-. The van der Waals surface area contributed by atoms with E-state index in [9.17, 15) is 5.11 Å². The quantitative estimate of drug-likeness (QED) is 0.471. The first-order chi connectivity index (χ1) is 14.8. The standard InChI is InChI=1S/C24H30N2O4/c27-24(10-13-28-21-6-2-1-3-7-21)25-20(18-26-11-4-5-12-26)16-19-8-9-22-23(17-19)30-15-14-29-22/h1-3,6-9,17,20H,4-5,10-16,18H2,(H,25,27)/p-1. The molecule has 0 aromatic heterocycles. The summed E-state index contributed by atoms with van der Waals surface area (Å²) in [5.74, 6) is 2.23. The highest BCUT2D eigenvalue weighted by Gasteiger charge is 2.19. The van der Waals surface area contributed by atoms with Crippen LogP contribution in [0.25, 0.3) is 0 Å². The van der Waals surface area contributed by atoms with E-state index < -0.39 is 0 Å². The van der Waals surface area contributed by atoms with Crippen molar-refractivity contribution in [2.24, 2.45) is 4.99 Å². The molecule has 1 atom stereocenters. The lowest BCUT2D eigenvalue weighted by molar-refractivity contribution is -0.219. The van der Waals surface area contributed by atoms with Gasteiger partial charge in [0.15, 0.2) is 11.5 Å². The van der Waals surface area contributed by atoms with Crippen LogP contribution in [0.15, 0.2) is 53.5 Å². The first kappa shape index (κ1) is 20.5. The van der Waals surface area contributed by atoms with E-state index >= 15 is 0 Å². The van der Waals surface area contributed by atoms with Gasteiger partial charge in [0, 0.05) is 13.0 Å². The van der Waals surface area contributed by atoms with Crippen molar-refractivity contribution in [2.75, 3.05) is 39.5 Å². The van der Waals surface area contributed by atoms with Gasteiger partial charge in [-0.25, -0.2) is 0 Å². The average molecular weight is 410 g/mol. The predicted molar refractivity (Wildman–Crippen MR) is 115 cm³/mol. The second kappa shape index (κ2) is 10.3. The Morgan fingerprint density at radius 1 is 1.03 bits per heavy atom. The van der Waals surface area contributed by atoms with Gasteiger partial charge in [0.1, 0.15) is 19.0 Å². The van der Waals surface area contributed by atoms with E-state index in [1.165, 1.54) is 12.8 Å². The SMILES string of the molecule is [O-]C(CCOc1ccccc1)=NC(Cc1ccc2c(c1)OCCO2)CN1CCCC1. The van der Waals surface area contributed by atoms with E-state index in [0.29, 0.717) is 26.2 Å². The van der Waals surface area contributed by atoms with Gasteiger partial charge in [0.25, 0.3) is 0 Å². The molecule has 1 fully saturated rings. The minimum Gasteiger partial charge on any atom is -0.862 e. The predicted octanol–water partition coefficient (Wildman–Crippen LogP) is 2.69. The first-order valence-electron chi connectivity index (χ1n) is 10.8. The zero-order valence-electron chi connectivity index (χ0n) is 17.3. The van der Waals surface area contributed by atoms with Crippen molar-refractivity contribution in [2.45, 2.75) is 31.7 Å². The summed E-state index contributed by atoms with van der Waals surface area (Å²) in [6.45, 7) is 4.46. The van der Waals surface area contributed by atoms with Crippen LogP contribution in [0.3, 0.4) is 0 Å².